The number of ether oxygens (including phenoxy) is 1. The molecule has 7 nitrogen and oxygen atoms in total. The molecule has 0 radical (unpaired) electrons. The maximum Gasteiger partial charge on any atom is 0.243 e. The molecule has 1 saturated heterocycles. The number of carbonyl (C=O) groups excluding carboxylic acids is 1. The van der Waals surface area contributed by atoms with E-state index >= 15 is 0 Å². The van der Waals surface area contributed by atoms with E-state index in [1.807, 2.05) is 42.5 Å². The Morgan fingerprint density at radius 3 is 2.38 bits per heavy atom. The molecule has 1 N–H and O–H groups in total. The molecule has 168 valence electrons. The van der Waals surface area contributed by atoms with Gasteiger partial charge in [0.2, 0.25) is 15.9 Å². The summed E-state index contributed by atoms with van der Waals surface area (Å²) in [5, 5.41) is 4.80. The molecule has 1 aliphatic heterocycles. The molecule has 0 unspecified atom stereocenters. The molecule has 0 atom stereocenters. The van der Waals surface area contributed by atoms with E-state index in [2.05, 4.69) is 10.2 Å². The van der Waals surface area contributed by atoms with Gasteiger partial charge in [0.25, 0.3) is 0 Å². The molecule has 1 heterocycles. The first-order chi connectivity index (χ1) is 15.5. The van der Waals surface area contributed by atoms with E-state index in [0.717, 1.165) is 10.8 Å². The number of carbonyl (C=O) groups is 1. The fourth-order valence-electron chi connectivity index (χ4n) is 3.89. The summed E-state index contributed by atoms with van der Waals surface area (Å²) in [6, 6.07) is 20.3. The third-order valence-electron chi connectivity index (χ3n) is 5.73. The van der Waals surface area contributed by atoms with Crippen molar-refractivity contribution >= 4 is 32.4 Å². The van der Waals surface area contributed by atoms with E-state index in [9.17, 15) is 13.2 Å². The first kappa shape index (κ1) is 22.3. The molecule has 1 aliphatic rings. The van der Waals surface area contributed by atoms with Crippen LogP contribution in [0.15, 0.2) is 71.6 Å². The molecule has 8 heteroatoms. The standard InChI is InChI=1S/C24H27N3O4S/c1-31-23-9-5-4-8-22(23)25-24(28)12-13-26-14-16-27(17-15-26)32(29,30)21-11-10-19-6-2-3-7-20(19)18-21/h2-11,18H,12-17H2,1H3,(H,25,28). The van der Waals surface area contributed by atoms with Gasteiger partial charge in [-0.25, -0.2) is 8.42 Å². The van der Waals surface area contributed by atoms with E-state index in [0.29, 0.717) is 55.5 Å². The van der Waals surface area contributed by atoms with Crippen molar-refractivity contribution in [3.63, 3.8) is 0 Å². The Kier molecular flexibility index (Phi) is 6.74. The van der Waals surface area contributed by atoms with Gasteiger partial charge in [0, 0.05) is 39.1 Å². The SMILES string of the molecule is COc1ccccc1NC(=O)CCN1CCN(S(=O)(=O)c2ccc3ccccc3c2)CC1. The molecule has 1 amide bonds. The van der Waals surface area contributed by atoms with Crippen molar-refractivity contribution in [2.75, 3.05) is 45.2 Å². The Bertz CT molecular complexity index is 1200. The maximum atomic E-state index is 13.1. The molecule has 32 heavy (non-hydrogen) atoms. The van der Waals surface area contributed by atoms with Crippen LogP contribution in [-0.2, 0) is 14.8 Å². The van der Waals surface area contributed by atoms with E-state index < -0.39 is 10.0 Å². The average molecular weight is 454 g/mol. The van der Waals surface area contributed by atoms with E-state index in [4.69, 9.17) is 4.74 Å². The Hall–Kier alpha value is -2.94. The van der Waals surface area contributed by atoms with Gasteiger partial charge in [-0.05, 0) is 35.0 Å². The van der Waals surface area contributed by atoms with Crippen LogP contribution in [0.2, 0.25) is 0 Å². The van der Waals surface area contributed by atoms with Crippen molar-refractivity contribution in [3.05, 3.63) is 66.7 Å². The summed E-state index contributed by atoms with van der Waals surface area (Å²) in [5.74, 6) is 0.522. The van der Waals surface area contributed by atoms with Crippen molar-refractivity contribution in [2.45, 2.75) is 11.3 Å². The second-order valence-electron chi connectivity index (χ2n) is 7.75. The number of nitrogens with one attached hydrogen (secondary N) is 1. The Morgan fingerprint density at radius 2 is 1.62 bits per heavy atom. The highest BCUT2D eigenvalue weighted by atomic mass is 32.2. The Morgan fingerprint density at radius 1 is 0.938 bits per heavy atom. The Labute approximate surface area is 188 Å². The summed E-state index contributed by atoms with van der Waals surface area (Å²) >= 11 is 0. The zero-order valence-corrected chi connectivity index (χ0v) is 18.8. The second-order valence-corrected chi connectivity index (χ2v) is 9.69. The molecular weight excluding hydrogens is 426 g/mol. The number of sulfonamides is 1. The predicted octanol–water partition coefficient (Wildman–Crippen LogP) is 3.18. The lowest BCUT2D eigenvalue weighted by Crippen LogP contribution is -2.49. The number of para-hydroxylation sites is 2. The minimum Gasteiger partial charge on any atom is -0.495 e. The van der Waals surface area contributed by atoms with Crippen LogP contribution in [0, 0.1) is 0 Å². The highest BCUT2D eigenvalue weighted by Gasteiger charge is 2.28. The van der Waals surface area contributed by atoms with Crippen LogP contribution in [-0.4, -0.2) is 63.4 Å². The largest absolute Gasteiger partial charge is 0.495 e. The zero-order valence-electron chi connectivity index (χ0n) is 18.0. The summed E-state index contributed by atoms with van der Waals surface area (Å²) in [6.07, 6.45) is 0.329. The van der Waals surface area contributed by atoms with Crippen molar-refractivity contribution in [2.24, 2.45) is 0 Å². The number of anilines is 1. The lowest BCUT2D eigenvalue weighted by Gasteiger charge is -2.33. The van der Waals surface area contributed by atoms with Crippen LogP contribution in [0.4, 0.5) is 5.69 Å². The molecule has 1 fully saturated rings. The van der Waals surface area contributed by atoms with E-state index in [-0.39, 0.29) is 5.91 Å². The van der Waals surface area contributed by atoms with Crippen LogP contribution in [0.3, 0.4) is 0 Å². The highest BCUT2D eigenvalue weighted by Crippen LogP contribution is 2.24. The highest BCUT2D eigenvalue weighted by molar-refractivity contribution is 7.89. The number of hydrogen-bond acceptors (Lipinski definition) is 5. The molecule has 3 aromatic rings. The van der Waals surface area contributed by atoms with E-state index in [1.165, 1.54) is 4.31 Å². The number of piperazine rings is 1. The summed E-state index contributed by atoms with van der Waals surface area (Å²) in [5.41, 5.74) is 0.645. The third kappa shape index (κ3) is 4.93. The summed E-state index contributed by atoms with van der Waals surface area (Å²) in [6.45, 7) is 2.57. The van der Waals surface area contributed by atoms with Gasteiger partial charge in [0.15, 0.2) is 0 Å². The molecular formula is C24H27N3O4S. The first-order valence-corrected chi connectivity index (χ1v) is 12.1. The minimum atomic E-state index is -3.54. The Balaban J connectivity index is 1.31. The topological polar surface area (TPSA) is 79.0 Å². The van der Waals surface area contributed by atoms with Crippen molar-refractivity contribution in [1.29, 1.82) is 0 Å². The van der Waals surface area contributed by atoms with Gasteiger partial charge in [-0.1, -0.05) is 42.5 Å². The minimum absolute atomic E-state index is 0.0966. The fraction of sp³-hybridized carbons (Fsp3) is 0.292. The first-order valence-electron chi connectivity index (χ1n) is 10.6. The van der Waals surface area contributed by atoms with Gasteiger partial charge >= 0.3 is 0 Å². The quantitative estimate of drug-likeness (QED) is 0.595. The third-order valence-corrected chi connectivity index (χ3v) is 7.62. The molecule has 0 aromatic heterocycles. The summed E-state index contributed by atoms with van der Waals surface area (Å²) < 4.78 is 33.0. The van der Waals surface area contributed by atoms with Crippen LogP contribution < -0.4 is 10.1 Å². The van der Waals surface area contributed by atoms with Crippen molar-refractivity contribution < 1.29 is 17.9 Å². The fourth-order valence-corrected chi connectivity index (χ4v) is 5.35. The van der Waals surface area contributed by atoms with Gasteiger partial charge in [-0.15, -0.1) is 0 Å². The second kappa shape index (κ2) is 9.68. The smallest absolute Gasteiger partial charge is 0.243 e. The van der Waals surface area contributed by atoms with Crippen molar-refractivity contribution in [3.8, 4) is 5.75 Å². The lowest BCUT2D eigenvalue weighted by molar-refractivity contribution is -0.116. The predicted molar refractivity (Wildman–Crippen MR) is 125 cm³/mol. The van der Waals surface area contributed by atoms with Crippen LogP contribution in [0.25, 0.3) is 10.8 Å². The molecule has 0 saturated carbocycles. The van der Waals surface area contributed by atoms with Crippen LogP contribution in [0.5, 0.6) is 5.75 Å². The average Bonchev–Trinajstić information content (AvgIpc) is 2.83. The molecule has 4 rings (SSSR count). The van der Waals surface area contributed by atoms with Crippen LogP contribution in [0.1, 0.15) is 6.42 Å². The van der Waals surface area contributed by atoms with Gasteiger partial charge in [0.05, 0.1) is 17.7 Å². The number of hydrogen-bond donors (Lipinski definition) is 1. The van der Waals surface area contributed by atoms with Crippen molar-refractivity contribution in [1.82, 2.24) is 9.21 Å². The number of rotatable bonds is 7. The van der Waals surface area contributed by atoms with Gasteiger partial charge in [0.1, 0.15) is 5.75 Å². The zero-order chi connectivity index (χ0) is 22.6. The molecule has 0 bridgehead atoms. The van der Waals surface area contributed by atoms with Gasteiger partial charge < -0.3 is 15.0 Å². The maximum absolute atomic E-state index is 13.1. The summed E-state index contributed by atoms with van der Waals surface area (Å²) in [7, 11) is -1.98. The molecule has 0 aliphatic carbocycles. The van der Waals surface area contributed by atoms with E-state index in [1.54, 1.807) is 31.4 Å². The van der Waals surface area contributed by atoms with Crippen LogP contribution >= 0.6 is 0 Å². The number of amides is 1. The normalized spacial score (nSPS) is 15.5. The molecule has 3 aromatic carbocycles. The number of fused-ring (bicyclic) bond motifs is 1. The summed E-state index contributed by atoms with van der Waals surface area (Å²) in [4.78, 5) is 14.8. The number of methoxy groups -OCH3 is 1. The lowest BCUT2D eigenvalue weighted by atomic mass is 10.1. The number of benzene rings is 3. The van der Waals surface area contributed by atoms with Gasteiger partial charge in [-0.3, -0.25) is 4.79 Å². The monoisotopic (exact) mass is 453 g/mol. The van der Waals surface area contributed by atoms with Gasteiger partial charge in [-0.2, -0.15) is 4.31 Å². The number of nitrogens with zero attached hydrogens (tertiary/aromatic N) is 2. The molecule has 0 spiro atoms.